The molecule has 0 radical (unpaired) electrons. The van der Waals surface area contributed by atoms with Crippen molar-refractivity contribution in [1.82, 2.24) is 15.0 Å². The van der Waals surface area contributed by atoms with Crippen LogP contribution in [0, 0.1) is 5.92 Å². The summed E-state index contributed by atoms with van der Waals surface area (Å²) >= 11 is 5.68. The normalized spacial score (nSPS) is 13.2. The Morgan fingerprint density at radius 1 is 1.45 bits per heavy atom. The molecule has 112 valence electrons. The molecule has 0 saturated carbocycles. The lowest BCUT2D eigenvalue weighted by Crippen LogP contribution is -2.46. The zero-order chi connectivity index (χ0) is 15.3. The van der Waals surface area contributed by atoms with Crippen molar-refractivity contribution < 1.29 is 13.2 Å². The van der Waals surface area contributed by atoms with Crippen molar-refractivity contribution in [3.8, 4) is 0 Å². The van der Waals surface area contributed by atoms with Crippen LogP contribution >= 0.6 is 11.6 Å². The summed E-state index contributed by atoms with van der Waals surface area (Å²) < 4.78 is 26.8. The Bertz CT molecular complexity index is 575. The van der Waals surface area contributed by atoms with Crippen molar-refractivity contribution in [3.05, 3.63) is 23.5 Å². The van der Waals surface area contributed by atoms with E-state index in [2.05, 4.69) is 15.0 Å². The number of pyridine rings is 1. The fourth-order valence-electron chi connectivity index (χ4n) is 1.66. The highest BCUT2D eigenvalue weighted by Gasteiger charge is 2.25. The SMILES string of the molecule is CNC(=O)C(CC(C)C)NS(=O)(=O)c1ccnc(Cl)c1. The molecular formula is C12H18ClN3O3S. The molecule has 0 bridgehead atoms. The van der Waals surface area contributed by atoms with Crippen LogP contribution in [0.1, 0.15) is 20.3 Å². The molecule has 20 heavy (non-hydrogen) atoms. The molecular weight excluding hydrogens is 302 g/mol. The maximum absolute atomic E-state index is 12.2. The smallest absolute Gasteiger partial charge is 0.241 e. The summed E-state index contributed by atoms with van der Waals surface area (Å²) in [5.74, 6) is -0.205. The van der Waals surface area contributed by atoms with E-state index in [0.717, 1.165) is 0 Å². The number of rotatable bonds is 6. The molecule has 0 fully saturated rings. The number of aromatic nitrogens is 1. The number of nitrogens with one attached hydrogen (secondary N) is 2. The van der Waals surface area contributed by atoms with Crippen molar-refractivity contribution in [2.24, 2.45) is 5.92 Å². The van der Waals surface area contributed by atoms with Crippen molar-refractivity contribution >= 4 is 27.5 Å². The quantitative estimate of drug-likeness (QED) is 0.770. The van der Waals surface area contributed by atoms with Gasteiger partial charge in [0.25, 0.3) is 0 Å². The molecule has 1 atom stereocenters. The van der Waals surface area contributed by atoms with Gasteiger partial charge in [-0.15, -0.1) is 0 Å². The molecule has 0 saturated heterocycles. The lowest BCUT2D eigenvalue weighted by Gasteiger charge is -2.19. The number of hydrogen-bond acceptors (Lipinski definition) is 4. The average molecular weight is 320 g/mol. The van der Waals surface area contributed by atoms with Crippen LogP contribution in [0.5, 0.6) is 0 Å². The van der Waals surface area contributed by atoms with Gasteiger partial charge in [-0.25, -0.2) is 13.4 Å². The van der Waals surface area contributed by atoms with Crippen LogP contribution < -0.4 is 10.0 Å². The third-order valence-corrected chi connectivity index (χ3v) is 4.25. The van der Waals surface area contributed by atoms with Gasteiger partial charge >= 0.3 is 0 Å². The lowest BCUT2D eigenvalue weighted by atomic mass is 10.0. The number of carbonyl (C=O) groups is 1. The molecule has 1 aromatic heterocycles. The Morgan fingerprint density at radius 3 is 2.60 bits per heavy atom. The highest BCUT2D eigenvalue weighted by Crippen LogP contribution is 2.15. The second kappa shape index (κ2) is 7.01. The van der Waals surface area contributed by atoms with Gasteiger partial charge in [0, 0.05) is 13.2 Å². The number of sulfonamides is 1. The van der Waals surface area contributed by atoms with E-state index in [-0.39, 0.29) is 21.9 Å². The van der Waals surface area contributed by atoms with Crippen molar-refractivity contribution in [2.75, 3.05) is 7.05 Å². The van der Waals surface area contributed by atoms with Crippen LogP contribution in [0.3, 0.4) is 0 Å². The molecule has 0 aliphatic heterocycles. The molecule has 8 heteroatoms. The first-order valence-corrected chi connectivity index (χ1v) is 7.98. The van der Waals surface area contributed by atoms with Gasteiger partial charge in [-0.3, -0.25) is 4.79 Å². The molecule has 0 spiro atoms. The van der Waals surface area contributed by atoms with Gasteiger partial charge in [0.05, 0.1) is 4.90 Å². The summed E-state index contributed by atoms with van der Waals surface area (Å²) in [7, 11) is -2.35. The Kier molecular flexibility index (Phi) is 5.91. The van der Waals surface area contributed by atoms with Crippen LogP contribution in [-0.2, 0) is 14.8 Å². The van der Waals surface area contributed by atoms with Crippen LogP contribution in [-0.4, -0.2) is 32.4 Å². The molecule has 1 unspecified atom stereocenters. The van der Waals surface area contributed by atoms with E-state index in [9.17, 15) is 13.2 Å². The van der Waals surface area contributed by atoms with Crippen LogP contribution in [0.15, 0.2) is 23.2 Å². The topological polar surface area (TPSA) is 88.2 Å². The number of hydrogen-bond donors (Lipinski definition) is 2. The molecule has 1 rings (SSSR count). The molecule has 2 N–H and O–H groups in total. The second-order valence-electron chi connectivity index (χ2n) is 4.73. The van der Waals surface area contributed by atoms with E-state index in [1.165, 1.54) is 25.4 Å². The van der Waals surface area contributed by atoms with Crippen LogP contribution in [0.25, 0.3) is 0 Å². The lowest BCUT2D eigenvalue weighted by molar-refractivity contribution is -0.122. The summed E-state index contributed by atoms with van der Waals surface area (Å²) in [6.07, 6.45) is 1.70. The first-order valence-electron chi connectivity index (χ1n) is 6.11. The fraction of sp³-hybridized carbons (Fsp3) is 0.500. The number of likely N-dealkylation sites (N-methyl/N-ethyl adjacent to an activating group) is 1. The number of amides is 1. The van der Waals surface area contributed by atoms with Crippen molar-refractivity contribution in [3.63, 3.8) is 0 Å². The number of nitrogens with zero attached hydrogens (tertiary/aromatic N) is 1. The number of carbonyl (C=O) groups excluding carboxylic acids is 1. The maximum Gasteiger partial charge on any atom is 0.241 e. The first-order chi connectivity index (χ1) is 9.26. The Hall–Kier alpha value is -1.18. The Morgan fingerprint density at radius 2 is 2.10 bits per heavy atom. The fourth-order valence-corrected chi connectivity index (χ4v) is 3.12. The Balaban J connectivity index is 2.99. The zero-order valence-corrected chi connectivity index (χ0v) is 13.1. The summed E-state index contributed by atoms with van der Waals surface area (Å²) in [4.78, 5) is 15.5. The van der Waals surface area contributed by atoms with Crippen LogP contribution in [0.2, 0.25) is 5.15 Å². The van der Waals surface area contributed by atoms with Gasteiger partial charge in [-0.1, -0.05) is 25.4 Å². The minimum atomic E-state index is -3.82. The van der Waals surface area contributed by atoms with Gasteiger partial charge < -0.3 is 5.32 Å². The van der Waals surface area contributed by atoms with Crippen LogP contribution in [0.4, 0.5) is 0 Å². The molecule has 0 aliphatic rings. The third-order valence-electron chi connectivity index (χ3n) is 2.58. The maximum atomic E-state index is 12.2. The average Bonchev–Trinajstić information content (AvgIpc) is 2.36. The predicted molar refractivity (Wildman–Crippen MR) is 76.9 cm³/mol. The summed E-state index contributed by atoms with van der Waals surface area (Å²) in [5.41, 5.74) is 0. The standard InChI is InChI=1S/C12H18ClN3O3S/c1-8(2)6-10(12(17)14-3)16-20(18,19)9-4-5-15-11(13)7-9/h4-5,7-8,10,16H,6H2,1-3H3,(H,14,17). The number of halogens is 1. The summed E-state index contributed by atoms with van der Waals surface area (Å²) in [6, 6.07) is 1.74. The minimum absolute atomic E-state index is 0.0184. The van der Waals surface area contributed by atoms with E-state index in [1.807, 2.05) is 13.8 Å². The van der Waals surface area contributed by atoms with E-state index < -0.39 is 16.1 Å². The van der Waals surface area contributed by atoms with E-state index in [1.54, 1.807) is 0 Å². The van der Waals surface area contributed by atoms with Crippen molar-refractivity contribution in [2.45, 2.75) is 31.2 Å². The van der Waals surface area contributed by atoms with E-state index in [0.29, 0.717) is 6.42 Å². The van der Waals surface area contributed by atoms with Gasteiger partial charge in [-0.05, 0) is 24.5 Å². The first kappa shape index (κ1) is 16.9. The molecule has 6 nitrogen and oxygen atoms in total. The second-order valence-corrected chi connectivity index (χ2v) is 6.83. The van der Waals surface area contributed by atoms with Gasteiger partial charge in [0.1, 0.15) is 11.2 Å². The Labute approximate surface area is 124 Å². The largest absolute Gasteiger partial charge is 0.358 e. The highest BCUT2D eigenvalue weighted by atomic mass is 35.5. The molecule has 1 heterocycles. The predicted octanol–water partition coefficient (Wildman–Crippen LogP) is 1.17. The molecule has 1 aromatic rings. The minimum Gasteiger partial charge on any atom is -0.358 e. The summed E-state index contributed by atoms with van der Waals surface area (Å²) in [5, 5.41) is 2.53. The third kappa shape index (κ3) is 4.73. The van der Waals surface area contributed by atoms with E-state index in [4.69, 9.17) is 11.6 Å². The highest BCUT2D eigenvalue weighted by molar-refractivity contribution is 7.89. The van der Waals surface area contributed by atoms with Crippen molar-refractivity contribution in [1.29, 1.82) is 0 Å². The van der Waals surface area contributed by atoms with Gasteiger partial charge in [0.15, 0.2) is 0 Å². The molecule has 0 aliphatic carbocycles. The summed E-state index contributed by atoms with van der Waals surface area (Å²) in [6.45, 7) is 3.82. The van der Waals surface area contributed by atoms with Gasteiger partial charge in [-0.2, -0.15) is 4.72 Å². The molecule has 0 aromatic carbocycles. The zero-order valence-electron chi connectivity index (χ0n) is 11.6. The molecule has 1 amide bonds. The monoisotopic (exact) mass is 319 g/mol. The van der Waals surface area contributed by atoms with E-state index >= 15 is 0 Å². The van der Waals surface area contributed by atoms with Gasteiger partial charge in [0.2, 0.25) is 15.9 Å².